The highest BCUT2D eigenvalue weighted by Gasteiger charge is 2.13. The van der Waals surface area contributed by atoms with E-state index >= 15 is 0 Å². The first-order valence-electron chi connectivity index (χ1n) is 4.49. The van der Waals surface area contributed by atoms with Crippen molar-refractivity contribution in [3.05, 3.63) is 30.0 Å². The number of para-hydroxylation sites is 1. The average Bonchev–Trinajstić information content (AvgIpc) is 2.56. The molecule has 0 atom stereocenters. The minimum atomic E-state index is -0.0261. The molecule has 0 fully saturated rings. The van der Waals surface area contributed by atoms with E-state index in [1.165, 1.54) is 7.28 Å². The molecule has 69 valence electrons. The summed E-state index contributed by atoms with van der Waals surface area (Å²) in [6.45, 7) is 1.73. The van der Waals surface area contributed by atoms with E-state index < -0.39 is 0 Å². The van der Waals surface area contributed by atoms with E-state index in [9.17, 15) is 4.79 Å². The normalized spacial score (nSPS) is 10.4. The van der Waals surface area contributed by atoms with Crippen molar-refractivity contribution in [2.75, 3.05) is 0 Å². The molecule has 2 aromatic rings. The molecule has 1 radical (unpaired) electrons. The van der Waals surface area contributed by atoms with Crippen LogP contribution in [0.25, 0.3) is 10.9 Å². The van der Waals surface area contributed by atoms with Gasteiger partial charge in [-0.1, -0.05) is 25.0 Å². The van der Waals surface area contributed by atoms with Gasteiger partial charge in [0.2, 0.25) is 7.28 Å². The van der Waals surface area contributed by atoms with Gasteiger partial charge < -0.3 is 4.79 Å². The Morgan fingerprint density at radius 3 is 2.86 bits per heavy atom. The number of hydrogen-bond donors (Lipinski definition) is 0. The fraction of sp³-hybridized carbons (Fsp3) is 0.200. The van der Waals surface area contributed by atoms with Crippen molar-refractivity contribution in [1.82, 2.24) is 9.78 Å². The number of hydrogen-bond acceptors (Lipinski definition) is 2. The number of rotatable bonds is 2. The SMILES string of the molecule is C[B]C(=O)c1nn(C)c2ccccc12. The van der Waals surface area contributed by atoms with Crippen LogP contribution < -0.4 is 0 Å². The maximum atomic E-state index is 11.5. The Bertz CT molecular complexity index is 490. The Morgan fingerprint density at radius 2 is 2.14 bits per heavy atom. The number of fused-ring (bicyclic) bond motifs is 1. The van der Waals surface area contributed by atoms with Crippen molar-refractivity contribution in [3.63, 3.8) is 0 Å². The highest BCUT2D eigenvalue weighted by atomic mass is 16.1. The minimum absolute atomic E-state index is 0.0261. The molecule has 0 N–H and O–H groups in total. The highest BCUT2D eigenvalue weighted by Crippen LogP contribution is 2.17. The van der Waals surface area contributed by atoms with Crippen LogP contribution in [0.15, 0.2) is 24.3 Å². The maximum absolute atomic E-state index is 11.5. The van der Waals surface area contributed by atoms with Crippen LogP contribution in [0.1, 0.15) is 10.5 Å². The molecule has 14 heavy (non-hydrogen) atoms. The molecule has 0 aliphatic heterocycles. The quantitative estimate of drug-likeness (QED) is 0.664. The zero-order valence-electron chi connectivity index (χ0n) is 8.19. The Balaban J connectivity index is 2.72. The molecular weight excluding hydrogens is 175 g/mol. The number of aromatic nitrogens is 2. The zero-order valence-corrected chi connectivity index (χ0v) is 8.19. The lowest BCUT2D eigenvalue weighted by Crippen LogP contribution is -2.07. The molecular formula is C10H10BN2O. The molecule has 2 rings (SSSR count). The lowest BCUT2D eigenvalue weighted by atomic mass is 9.74. The summed E-state index contributed by atoms with van der Waals surface area (Å²) in [4.78, 5) is 11.5. The number of benzene rings is 1. The molecule has 0 saturated carbocycles. The van der Waals surface area contributed by atoms with Gasteiger partial charge >= 0.3 is 0 Å². The van der Waals surface area contributed by atoms with Crippen LogP contribution in [-0.2, 0) is 7.05 Å². The van der Waals surface area contributed by atoms with Gasteiger partial charge in [-0.25, -0.2) is 0 Å². The summed E-state index contributed by atoms with van der Waals surface area (Å²) in [5.74, 6) is 0. The van der Waals surface area contributed by atoms with E-state index in [4.69, 9.17) is 0 Å². The fourth-order valence-electron chi connectivity index (χ4n) is 1.53. The van der Waals surface area contributed by atoms with Crippen LogP contribution in [0.5, 0.6) is 0 Å². The van der Waals surface area contributed by atoms with Gasteiger partial charge in [-0.15, -0.1) is 0 Å². The van der Waals surface area contributed by atoms with E-state index in [1.54, 1.807) is 11.5 Å². The Labute approximate surface area is 83.0 Å². The van der Waals surface area contributed by atoms with Gasteiger partial charge in [-0.3, -0.25) is 4.68 Å². The molecule has 0 aliphatic carbocycles. The second-order valence-corrected chi connectivity index (χ2v) is 3.14. The minimum Gasteiger partial charge on any atom is -0.305 e. The van der Waals surface area contributed by atoms with E-state index in [2.05, 4.69) is 5.10 Å². The summed E-state index contributed by atoms with van der Waals surface area (Å²) in [6, 6.07) is 7.72. The molecule has 0 amide bonds. The van der Waals surface area contributed by atoms with E-state index in [0.717, 1.165) is 10.9 Å². The number of carbonyl (C=O) groups is 1. The van der Waals surface area contributed by atoms with E-state index in [-0.39, 0.29) is 5.68 Å². The second-order valence-electron chi connectivity index (χ2n) is 3.14. The molecule has 3 nitrogen and oxygen atoms in total. The Kier molecular flexibility index (Phi) is 2.12. The molecule has 4 heteroatoms. The number of carbonyl (C=O) groups excluding carboxylic acids is 1. The van der Waals surface area contributed by atoms with Gasteiger partial charge in [0, 0.05) is 12.4 Å². The van der Waals surface area contributed by atoms with Gasteiger partial charge in [0.1, 0.15) is 11.4 Å². The van der Waals surface area contributed by atoms with Gasteiger partial charge in [-0.05, 0) is 6.07 Å². The summed E-state index contributed by atoms with van der Waals surface area (Å²) >= 11 is 0. The lowest BCUT2D eigenvalue weighted by Gasteiger charge is -1.91. The molecule has 0 bridgehead atoms. The van der Waals surface area contributed by atoms with E-state index in [1.807, 2.05) is 31.3 Å². The van der Waals surface area contributed by atoms with Crippen molar-refractivity contribution in [2.45, 2.75) is 6.82 Å². The fourth-order valence-corrected chi connectivity index (χ4v) is 1.53. The zero-order chi connectivity index (χ0) is 10.1. The maximum Gasteiger partial charge on any atom is 0.208 e. The van der Waals surface area contributed by atoms with Gasteiger partial charge in [0.25, 0.3) is 0 Å². The first-order chi connectivity index (χ1) is 6.74. The predicted molar refractivity (Wildman–Crippen MR) is 56.7 cm³/mol. The predicted octanol–water partition coefficient (Wildman–Crippen LogP) is 1.47. The topological polar surface area (TPSA) is 34.9 Å². The first-order valence-corrected chi connectivity index (χ1v) is 4.49. The van der Waals surface area contributed by atoms with Crippen LogP contribution in [0, 0.1) is 0 Å². The van der Waals surface area contributed by atoms with Gasteiger partial charge in [0.15, 0.2) is 0 Å². The summed E-state index contributed by atoms with van der Waals surface area (Å²) in [7, 11) is 3.38. The molecule has 1 heterocycles. The van der Waals surface area contributed by atoms with Crippen molar-refractivity contribution >= 4 is 23.9 Å². The number of nitrogens with zero attached hydrogens (tertiary/aromatic N) is 2. The molecule has 0 saturated heterocycles. The Morgan fingerprint density at radius 1 is 1.43 bits per heavy atom. The van der Waals surface area contributed by atoms with Crippen LogP contribution in [0.4, 0.5) is 0 Å². The van der Waals surface area contributed by atoms with E-state index in [0.29, 0.717) is 5.69 Å². The van der Waals surface area contributed by atoms with Crippen LogP contribution in [-0.4, -0.2) is 22.7 Å². The molecule has 0 spiro atoms. The third-order valence-electron chi connectivity index (χ3n) is 2.25. The summed E-state index contributed by atoms with van der Waals surface area (Å²) < 4.78 is 1.73. The Hall–Kier alpha value is -1.58. The van der Waals surface area contributed by atoms with Crippen molar-refractivity contribution in [3.8, 4) is 0 Å². The van der Waals surface area contributed by atoms with Gasteiger partial charge in [-0.2, -0.15) is 5.10 Å². The highest BCUT2D eigenvalue weighted by molar-refractivity contribution is 6.76. The summed E-state index contributed by atoms with van der Waals surface area (Å²) in [6.07, 6.45) is 0. The molecule has 0 aliphatic rings. The standard InChI is InChI=1S/C10H10BN2O/c1-11-10(14)9-7-5-3-4-6-8(7)13(2)12-9/h3-6H,1-2H3. The lowest BCUT2D eigenvalue weighted by molar-refractivity contribution is 0.107. The third-order valence-corrected chi connectivity index (χ3v) is 2.25. The monoisotopic (exact) mass is 185 g/mol. The van der Waals surface area contributed by atoms with Crippen LogP contribution in [0.2, 0.25) is 6.82 Å². The van der Waals surface area contributed by atoms with Gasteiger partial charge in [0.05, 0.1) is 5.52 Å². The summed E-state index contributed by atoms with van der Waals surface area (Å²) in [5, 5.41) is 5.11. The average molecular weight is 185 g/mol. The molecule has 1 aromatic heterocycles. The first kappa shape index (κ1) is 9.00. The molecule has 0 unspecified atom stereocenters. The largest absolute Gasteiger partial charge is 0.305 e. The van der Waals surface area contributed by atoms with Crippen LogP contribution in [0.3, 0.4) is 0 Å². The summed E-state index contributed by atoms with van der Waals surface area (Å²) in [5.41, 5.74) is 1.49. The smallest absolute Gasteiger partial charge is 0.208 e. The number of aryl methyl sites for hydroxylation is 1. The van der Waals surface area contributed by atoms with Crippen molar-refractivity contribution in [1.29, 1.82) is 0 Å². The van der Waals surface area contributed by atoms with Crippen LogP contribution >= 0.6 is 0 Å². The molecule has 1 aromatic carbocycles. The third kappa shape index (κ3) is 1.23. The van der Waals surface area contributed by atoms with Crippen molar-refractivity contribution < 1.29 is 4.79 Å². The second kappa shape index (κ2) is 3.29. The van der Waals surface area contributed by atoms with Crippen molar-refractivity contribution in [2.24, 2.45) is 7.05 Å².